The fourth-order valence-electron chi connectivity index (χ4n) is 2.71. The third-order valence-electron chi connectivity index (χ3n) is 4.07. The van der Waals surface area contributed by atoms with Gasteiger partial charge in [-0.3, -0.25) is 9.59 Å². The Balaban J connectivity index is 1.75. The summed E-state index contributed by atoms with van der Waals surface area (Å²) >= 11 is 3.23. The zero-order chi connectivity index (χ0) is 21.0. The summed E-state index contributed by atoms with van der Waals surface area (Å²) in [6.07, 6.45) is 1.56. The van der Waals surface area contributed by atoms with E-state index in [1.165, 1.54) is 17.6 Å². The van der Waals surface area contributed by atoms with Crippen LogP contribution in [0.2, 0.25) is 0 Å². The summed E-state index contributed by atoms with van der Waals surface area (Å²) in [6, 6.07) is 12.0. The van der Waals surface area contributed by atoms with E-state index >= 15 is 0 Å². The standard InChI is InChI=1S/C21H17BrF2N2O3/c1-13(27)25-17-4-2-3-14(9-17)11-26-8-7-19(20(22)21(26)28)29-12-15-5-6-16(23)10-18(15)24/h2-10H,11-12H2,1H3,(H,25,27). The van der Waals surface area contributed by atoms with E-state index in [0.717, 1.165) is 17.7 Å². The van der Waals surface area contributed by atoms with Crippen molar-refractivity contribution in [2.45, 2.75) is 20.1 Å². The zero-order valence-electron chi connectivity index (χ0n) is 15.4. The van der Waals surface area contributed by atoms with Crippen LogP contribution in [0.5, 0.6) is 5.75 Å². The average Bonchev–Trinajstić information content (AvgIpc) is 2.66. The Bertz CT molecular complexity index is 1120. The van der Waals surface area contributed by atoms with Crippen LogP contribution >= 0.6 is 15.9 Å². The number of rotatable bonds is 6. The second-order valence-corrected chi connectivity index (χ2v) is 7.13. The van der Waals surface area contributed by atoms with E-state index in [0.29, 0.717) is 5.69 Å². The fraction of sp³-hybridized carbons (Fsp3) is 0.143. The Hall–Kier alpha value is -3.00. The molecule has 0 aliphatic heterocycles. The number of nitrogens with one attached hydrogen (secondary N) is 1. The average molecular weight is 463 g/mol. The van der Waals surface area contributed by atoms with Gasteiger partial charge in [0.15, 0.2) is 0 Å². The molecule has 3 rings (SSSR count). The molecule has 0 aliphatic carbocycles. The number of hydrogen-bond acceptors (Lipinski definition) is 3. The first kappa shape index (κ1) is 20.7. The lowest BCUT2D eigenvalue weighted by atomic mass is 10.2. The summed E-state index contributed by atoms with van der Waals surface area (Å²) in [5.74, 6) is -1.31. The molecule has 0 aliphatic rings. The van der Waals surface area contributed by atoms with E-state index < -0.39 is 11.6 Å². The van der Waals surface area contributed by atoms with Gasteiger partial charge in [0.2, 0.25) is 5.91 Å². The number of carbonyl (C=O) groups excluding carboxylic acids is 1. The minimum absolute atomic E-state index is 0.146. The number of pyridine rings is 1. The highest BCUT2D eigenvalue weighted by atomic mass is 79.9. The molecule has 0 spiro atoms. The molecule has 29 heavy (non-hydrogen) atoms. The van der Waals surface area contributed by atoms with Gasteiger partial charge in [0.1, 0.15) is 28.5 Å². The van der Waals surface area contributed by atoms with Gasteiger partial charge in [0.25, 0.3) is 5.56 Å². The Labute approximate surface area is 174 Å². The predicted molar refractivity (Wildman–Crippen MR) is 109 cm³/mol. The highest BCUT2D eigenvalue weighted by Gasteiger charge is 2.11. The van der Waals surface area contributed by atoms with Crippen molar-refractivity contribution >= 4 is 27.5 Å². The Kier molecular flexibility index (Phi) is 6.43. The van der Waals surface area contributed by atoms with Gasteiger partial charge in [-0.25, -0.2) is 8.78 Å². The maximum Gasteiger partial charge on any atom is 0.268 e. The number of amides is 1. The van der Waals surface area contributed by atoms with Gasteiger partial charge in [-0.1, -0.05) is 12.1 Å². The van der Waals surface area contributed by atoms with Gasteiger partial charge in [0.05, 0.1) is 6.54 Å². The molecular formula is C21H17BrF2N2O3. The number of aromatic nitrogens is 1. The molecule has 0 atom stereocenters. The number of halogens is 3. The van der Waals surface area contributed by atoms with Crippen LogP contribution in [0.4, 0.5) is 14.5 Å². The molecule has 3 aromatic rings. The summed E-state index contributed by atoms with van der Waals surface area (Å²) < 4.78 is 33.9. The maximum atomic E-state index is 13.7. The number of carbonyl (C=O) groups is 1. The van der Waals surface area contributed by atoms with E-state index in [2.05, 4.69) is 21.2 Å². The van der Waals surface area contributed by atoms with E-state index in [4.69, 9.17) is 4.74 Å². The molecule has 0 saturated heterocycles. The molecule has 8 heteroatoms. The highest BCUT2D eigenvalue weighted by Crippen LogP contribution is 2.23. The molecule has 150 valence electrons. The van der Waals surface area contributed by atoms with E-state index in [1.54, 1.807) is 30.5 Å². The number of hydrogen-bond donors (Lipinski definition) is 1. The molecule has 1 N–H and O–H groups in total. The second kappa shape index (κ2) is 9.00. The van der Waals surface area contributed by atoms with E-state index in [9.17, 15) is 18.4 Å². The lowest BCUT2D eigenvalue weighted by molar-refractivity contribution is -0.114. The maximum absolute atomic E-state index is 13.7. The molecular weight excluding hydrogens is 446 g/mol. The SMILES string of the molecule is CC(=O)Nc1cccc(Cn2ccc(OCc3ccc(F)cc3F)c(Br)c2=O)c1. The van der Waals surface area contributed by atoms with Gasteiger partial charge in [-0.05, 0) is 51.8 Å². The molecule has 0 bridgehead atoms. The van der Waals surface area contributed by atoms with Crippen molar-refractivity contribution in [2.75, 3.05) is 5.32 Å². The van der Waals surface area contributed by atoms with Crippen molar-refractivity contribution in [3.05, 3.63) is 92.3 Å². The van der Waals surface area contributed by atoms with Crippen molar-refractivity contribution in [2.24, 2.45) is 0 Å². The summed E-state index contributed by atoms with van der Waals surface area (Å²) in [4.78, 5) is 23.8. The normalized spacial score (nSPS) is 10.6. The molecule has 1 aromatic heterocycles. The summed E-state index contributed by atoms with van der Waals surface area (Å²) in [7, 11) is 0. The van der Waals surface area contributed by atoms with Crippen molar-refractivity contribution in [3.63, 3.8) is 0 Å². The van der Waals surface area contributed by atoms with E-state index in [-0.39, 0.29) is 40.4 Å². The summed E-state index contributed by atoms with van der Waals surface area (Å²) in [6.45, 7) is 1.56. The third-order valence-corrected chi connectivity index (χ3v) is 4.80. The monoisotopic (exact) mass is 462 g/mol. The first-order chi connectivity index (χ1) is 13.8. The third kappa shape index (κ3) is 5.29. The minimum atomic E-state index is -0.714. The van der Waals surface area contributed by atoms with Gasteiger partial charge < -0.3 is 14.6 Å². The van der Waals surface area contributed by atoms with Crippen LogP contribution in [0.15, 0.2) is 64.0 Å². The smallest absolute Gasteiger partial charge is 0.268 e. The molecule has 2 aromatic carbocycles. The topological polar surface area (TPSA) is 60.3 Å². The first-order valence-electron chi connectivity index (χ1n) is 8.65. The van der Waals surface area contributed by atoms with Crippen molar-refractivity contribution < 1.29 is 18.3 Å². The summed E-state index contributed by atoms with van der Waals surface area (Å²) in [5, 5.41) is 2.70. The van der Waals surface area contributed by atoms with Crippen molar-refractivity contribution in [1.82, 2.24) is 4.57 Å². The molecule has 0 unspecified atom stereocenters. The number of nitrogens with zero attached hydrogens (tertiary/aromatic N) is 1. The fourth-order valence-corrected chi connectivity index (χ4v) is 3.18. The zero-order valence-corrected chi connectivity index (χ0v) is 17.0. The van der Waals surface area contributed by atoms with Gasteiger partial charge >= 0.3 is 0 Å². The quantitative estimate of drug-likeness (QED) is 0.587. The lowest BCUT2D eigenvalue weighted by Gasteiger charge is -2.12. The van der Waals surface area contributed by atoms with Crippen molar-refractivity contribution in [3.8, 4) is 5.75 Å². The van der Waals surface area contributed by atoms with Gasteiger partial charge in [0, 0.05) is 30.4 Å². The number of benzene rings is 2. The predicted octanol–water partition coefficient (Wildman–Crippen LogP) is 4.47. The highest BCUT2D eigenvalue weighted by molar-refractivity contribution is 9.10. The van der Waals surface area contributed by atoms with Gasteiger partial charge in [-0.15, -0.1) is 0 Å². The van der Waals surface area contributed by atoms with Crippen LogP contribution in [-0.2, 0) is 17.9 Å². The van der Waals surface area contributed by atoms with Crippen LogP contribution < -0.4 is 15.6 Å². The van der Waals surface area contributed by atoms with Crippen LogP contribution in [0.25, 0.3) is 0 Å². The number of anilines is 1. The minimum Gasteiger partial charge on any atom is -0.487 e. The molecule has 0 radical (unpaired) electrons. The molecule has 0 fully saturated rings. The second-order valence-electron chi connectivity index (χ2n) is 6.33. The molecule has 5 nitrogen and oxygen atoms in total. The Morgan fingerprint density at radius 3 is 2.69 bits per heavy atom. The molecule has 0 saturated carbocycles. The van der Waals surface area contributed by atoms with Crippen LogP contribution in [0.1, 0.15) is 18.1 Å². The molecule has 1 heterocycles. The lowest BCUT2D eigenvalue weighted by Crippen LogP contribution is -2.21. The molecule has 1 amide bonds. The van der Waals surface area contributed by atoms with Crippen LogP contribution in [-0.4, -0.2) is 10.5 Å². The van der Waals surface area contributed by atoms with Crippen LogP contribution in [0, 0.1) is 11.6 Å². The first-order valence-corrected chi connectivity index (χ1v) is 9.45. The van der Waals surface area contributed by atoms with Gasteiger partial charge in [-0.2, -0.15) is 0 Å². The number of ether oxygens (including phenoxy) is 1. The largest absolute Gasteiger partial charge is 0.487 e. The van der Waals surface area contributed by atoms with Crippen molar-refractivity contribution in [1.29, 1.82) is 0 Å². The van der Waals surface area contributed by atoms with E-state index in [1.807, 2.05) is 6.07 Å². The Morgan fingerprint density at radius 2 is 1.97 bits per heavy atom. The Morgan fingerprint density at radius 1 is 1.17 bits per heavy atom. The summed E-state index contributed by atoms with van der Waals surface area (Å²) in [5.41, 5.74) is 1.32. The van der Waals surface area contributed by atoms with Crippen LogP contribution in [0.3, 0.4) is 0 Å².